The first-order valence-corrected chi connectivity index (χ1v) is 11.8. The number of rotatable bonds is 3. The minimum Gasteiger partial charge on any atom is -0.494 e. The Bertz CT molecular complexity index is 1330. The summed E-state index contributed by atoms with van der Waals surface area (Å²) in [7, 11) is 1.38. The van der Waals surface area contributed by atoms with Crippen LogP contribution in [0.3, 0.4) is 0 Å². The summed E-state index contributed by atoms with van der Waals surface area (Å²) in [6.07, 6.45) is -2.68. The van der Waals surface area contributed by atoms with Gasteiger partial charge in [0.05, 0.1) is 24.4 Å². The first kappa shape index (κ1) is 24.5. The van der Waals surface area contributed by atoms with Crippen LogP contribution >= 0.6 is 11.6 Å². The number of fused-ring (bicyclic) bond motifs is 2. The summed E-state index contributed by atoms with van der Waals surface area (Å²) >= 11 is 6.48. The van der Waals surface area contributed by atoms with E-state index in [1.165, 1.54) is 19.4 Å². The zero-order valence-corrected chi connectivity index (χ0v) is 20.3. The van der Waals surface area contributed by atoms with Gasteiger partial charge in [0.1, 0.15) is 5.52 Å². The van der Waals surface area contributed by atoms with Gasteiger partial charge >= 0.3 is 6.18 Å². The first-order valence-electron chi connectivity index (χ1n) is 11.4. The molecule has 0 N–H and O–H groups in total. The van der Waals surface area contributed by atoms with Crippen molar-refractivity contribution in [3.8, 4) is 5.75 Å². The van der Waals surface area contributed by atoms with E-state index in [0.29, 0.717) is 35.6 Å². The Morgan fingerprint density at radius 3 is 2.67 bits per heavy atom. The summed E-state index contributed by atoms with van der Waals surface area (Å²) in [5.41, 5.74) is 0.794. The number of methoxy groups -OCH3 is 1. The standard InChI is InChI=1S/C23H23ClF4N6O2/c1-12-10-32(20-14-3-4-16(36-2)18(25)19(14)29-9-15(20)24)6-5-13(12)21(35)33-7-8-34-17(11-33)30-31-22(34)23(26,27)28/h3-4,9,12-13H,5-8,10-11H2,1-2H3/t12-,13+/m1/s1. The molecule has 36 heavy (non-hydrogen) atoms. The summed E-state index contributed by atoms with van der Waals surface area (Å²) in [5, 5.41) is 7.86. The SMILES string of the molecule is COc1ccc2c(N3CC[C@H](C(=O)N4CCn5c(nnc5C(F)(F)F)C4)[C@H](C)C3)c(Cl)cnc2c1F. The van der Waals surface area contributed by atoms with Gasteiger partial charge in [0.15, 0.2) is 17.4 Å². The van der Waals surface area contributed by atoms with Crippen LogP contribution in [-0.4, -0.2) is 57.3 Å². The van der Waals surface area contributed by atoms with E-state index >= 15 is 0 Å². The molecule has 1 amide bonds. The van der Waals surface area contributed by atoms with Crippen molar-refractivity contribution in [2.75, 3.05) is 31.6 Å². The van der Waals surface area contributed by atoms with Gasteiger partial charge in [-0.15, -0.1) is 10.2 Å². The molecule has 0 saturated carbocycles. The molecule has 5 rings (SSSR count). The molecular formula is C23H23ClF4N6O2. The average Bonchev–Trinajstić information content (AvgIpc) is 3.28. The topological polar surface area (TPSA) is 76.4 Å². The molecule has 3 aromatic rings. The Balaban J connectivity index is 1.33. The third kappa shape index (κ3) is 4.10. The molecule has 0 radical (unpaired) electrons. The summed E-state index contributed by atoms with van der Waals surface area (Å²) < 4.78 is 60.2. The molecule has 1 aromatic carbocycles. The molecule has 2 aliphatic rings. The van der Waals surface area contributed by atoms with Crippen molar-refractivity contribution in [1.29, 1.82) is 0 Å². The van der Waals surface area contributed by atoms with Crippen molar-refractivity contribution in [2.45, 2.75) is 32.6 Å². The highest BCUT2D eigenvalue weighted by Gasteiger charge is 2.41. The smallest absolute Gasteiger partial charge is 0.451 e. The van der Waals surface area contributed by atoms with Crippen LogP contribution in [-0.2, 0) is 24.1 Å². The van der Waals surface area contributed by atoms with Crippen molar-refractivity contribution in [2.24, 2.45) is 11.8 Å². The van der Waals surface area contributed by atoms with Gasteiger partial charge in [-0.1, -0.05) is 18.5 Å². The van der Waals surface area contributed by atoms with Gasteiger partial charge < -0.3 is 19.1 Å². The summed E-state index contributed by atoms with van der Waals surface area (Å²) in [6.45, 7) is 3.06. The number of benzene rings is 1. The maximum absolute atomic E-state index is 14.8. The normalized spacial score (nSPS) is 20.5. The number of halogens is 5. The van der Waals surface area contributed by atoms with Crippen LogP contribution in [0.1, 0.15) is 25.0 Å². The summed E-state index contributed by atoms with van der Waals surface area (Å²) in [6, 6.07) is 3.24. The van der Waals surface area contributed by atoms with Crippen LogP contribution in [0, 0.1) is 17.7 Å². The average molecular weight is 527 g/mol. The molecule has 8 nitrogen and oxygen atoms in total. The second kappa shape index (κ2) is 9.06. The maximum Gasteiger partial charge on any atom is 0.451 e. The third-order valence-electron chi connectivity index (χ3n) is 6.95. The number of hydrogen-bond donors (Lipinski definition) is 0. The molecule has 1 saturated heterocycles. The maximum atomic E-state index is 14.8. The number of hydrogen-bond acceptors (Lipinski definition) is 6. The second-order valence-electron chi connectivity index (χ2n) is 9.10. The van der Waals surface area contributed by atoms with E-state index in [0.717, 1.165) is 4.57 Å². The van der Waals surface area contributed by atoms with E-state index in [2.05, 4.69) is 15.2 Å². The fourth-order valence-corrected chi connectivity index (χ4v) is 5.43. The molecule has 0 unspecified atom stereocenters. The predicted octanol–water partition coefficient (Wildman–Crippen LogP) is 4.15. The van der Waals surface area contributed by atoms with Gasteiger partial charge in [-0.25, -0.2) is 4.39 Å². The number of nitrogens with zero attached hydrogens (tertiary/aromatic N) is 6. The lowest BCUT2D eigenvalue weighted by atomic mass is 9.85. The van der Waals surface area contributed by atoms with Crippen molar-refractivity contribution in [3.05, 3.63) is 40.8 Å². The highest BCUT2D eigenvalue weighted by molar-refractivity contribution is 6.34. The van der Waals surface area contributed by atoms with Crippen LogP contribution in [0.4, 0.5) is 23.2 Å². The van der Waals surface area contributed by atoms with E-state index in [9.17, 15) is 22.4 Å². The van der Waals surface area contributed by atoms with Gasteiger partial charge in [-0.3, -0.25) is 9.78 Å². The lowest BCUT2D eigenvalue weighted by molar-refractivity contribution is -0.148. The van der Waals surface area contributed by atoms with Gasteiger partial charge in [0.25, 0.3) is 0 Å². The van der Waals surface area contributed by atoms with Crippen molar-refractivity contribution >= 4 is 34.1 Å². The fraction of sp³-hybridized carbons (Fsp3) is 0.478. The Morgan fingerprint density at radius 1 is 1.19 bits per heavy atom. The Hall–Kier alpha value is -3.15. The highest BCUT2D eigenvalue weighted by atomic mass is 35.5. The summed E-state index contributed by atoms with van der Waals surface area (Å²) in [5.74, 6) is -1.92. The van der Waals surface area contributed by atoms with Crippen LogP contribution in [0.5, 0.6) is 5.75 Å². The minimum atomic E-state index is -4.59. The number of amides is 1. The van der Waals surface area contributed by atoms with Gasteiger partial charge in [-0.05, 0) is 24.5 Å². The predicted molar refractivity (Wildman–Crippen MR) is 123 cm³/mol. The monoisotopic (exact) mass is 526 g/mol. The number of anilines is 1. The Labute approximate surface area is 208 Å². The molecule has 13 heteroatoms. The first-order chi connectivity index (χ1) is 17.1. The lowest BCUT2D eigenvalue weighted by Gasteiger charge is -2.40. The molecule has 2 aromatic heterocycles. The van der Waals surface area contributed by atoms with Crippen LogP contribution in [0.2, 0.25) is 5.02 Å². The number of alkyl halides is 3. The third-order valence-corrected chi connectivity index (χ3v) is 7.22. The van der Waals surface area contributed by atoms with Gasteiger partial charge in [0.2, 0.25) is 11.7 Å². The quantitative estimate of drug-likeness (QED) is 0.477. The van der Waals surface area contributed by atoms with E-state index < -0.39 is 17.8 Å². The molecule has 0 spiro atoms. The largest absolute Gasteiger partial charge is 0.494 e. The number of carbonyl (C=O) groups excluding carboxylic acids is 1. The molecule has 2 atom stereocenters. The molecule has 0 aliphatic carbocycles. The lowest BCUT2D eigenvalue weighted by Crippen LogP contribution is -2.49. The van der Waals surface area contributed by atoms with Crippen molar-refractivity contribution in [1.82, 2.24) is 24.6 Å². The molecule has 1 fully saturated rings. The van der Waals surface area contributed by atoms with E-state index in [4.69, 9.17) is 16.3 Å². The number of pyridine rings is 1. The number of aromatic nitrogens is 4. The molecule has 0 bridgehead atoms. The zero-order valence-electron chi connectivity index (χ0n) is 19.5. The molecule has 4 heterocycles. The van der Waals surface area contributed by atoms with Crippen LogP contribution < -0.4 is 9.64 Å². The fourth-order valence-electron chi connectivity index (χ4n) is 5.16. The van der Waals surface area contributed by atoms with E-state index in [1.54, 1.807) is 11.0 Å². The van der Waals surface area contributed by atoms with Crippen LogP contribution in [0.25, 0.3) is 10.9 Å². The van der Waals surface area contributed by atoms with Crippen molar-refractivity contribution < 1.29 is 27.1 Å². The summed E-state index contributed by atoms with van der Waals surface area (Å²) in [4.78, 5) is 21.1. The number of carbonyl (C=O) groups is 1. The number of ether oxygens (including phenoxy) is 1. The minimum absolute atomic E-state index is 0.0101. The Morgan fingerprint density at radius 2 is 1.97 bits per heavy atom. The highest BCUT2D eigenvalue weighted by Crippen LogP contribution is 2.39. The van der Waals surface area contributed by atoms with Gasteiger partial charge in [0, 0.05) is 43.7 Å². The second-order valence-corrected chi connectivity index (χ2v) is 9.51. The zero-order chi connectivity index (χ0) is 25.8. The molecule has 2 aliphatic heterocycles. The van der Waals surface area contributed by atoms with E-state index in [-0.39, 0.29) is 54.5 Å². The van der Waals surface area contributed by atoms with E-state index in [1.807, 2.05) is 11.8 Å². The molecular weight excluding hydrogens is 504 g/mol. The van der Waals surface area contributed by atoms with Crippen LogP contribution in [0.15, 0.2) is 18.3 Å². The van der Waals surface area contributed by atoms with Crippen molar-refractivity contribution in [3.63, 3.8) is 0 Å². The van der Waals surface area contributed by atoms with Gasteiger partial charge in [-0.2, -0.15) is 13.2 Å². The molecule has 192 valence electrons. The number of piperidine rings is 1. The Kier molecular flexibility index (Phi) is 6.17.